The number of hydrogen-bond donors (Lipinski definition) is 0. The second-order valence-electron chi connectivity index (χ2n) is 7.65. The third-order valence-electron chi connectivity index (χ3n) is 4.89. The first-order chi connectivity index (χ1) is 13.1. The zero-order valence-electron chi connectivity index (χ0n) is 16.3. The van der Waals surface area contributed by atoms with Crippen molar-refractivity contribution in [3.05, 3.63) is 17.7 Å². The molecule has 4 nitrogen and oxygen atoms in total. The van der Waals surface area contributed by atoms with E-state index in [9.17, 15) is 4.79 Å². The maximum absolute atomic E-state index is 12.3. The van der Waals surface area contributed by atoms with Gasteiger partial charge in [0.2, 0.25) is 6.79 Å². The molecule has 2 aliphatic rings. The van der Waals surface area contributed by atoms with Crippen molar-refractivity contribution in [1.29, 1.82) is 0 Å². The Morgan fingerprint density at radius 3 is 2.78 bits per heavy atom. The lowest BCUT2D eigenvalue weighted by atomic mass is 10.0. The fourth-order valence-electron chi connectivity index (χ4n) is 3.34. The Bertz CT molecular complexity index is 627. The van der Waals surface area contributed by atoms with E-state index in [1.54, 1.807) is 0 Å². The summed E-state index contributed by atoms with van der Waals surface area (Å²) in [4.78, 5) is 12.3. The van der Waals surface area contributed by atoms with Gasteiger partial charge in [-0.1, -0.05) is 48.3 Å². The lowest BCUT2D eigenvalue weighted by molar-refractivity contribution is -0.134. The SMILES string of the molecule is CC(C)CCCc1cc2c(cc1OC(=O)CCCCC1CCSS1)OCO2. The van der Waals surface area contributed by atoms with Crippen molar-refractivity contribution < 1.29 is 19.0 Å². The van der Waals surface area contributed by atoms with Gasteiger partial charge in [-0.25, -0.2) is 0 Å². The Labute approximate surface area is 170 Å². The van der Waals surface area contributed by atoms with Crippen LogP contribution in [0.25, 0.3) is 0 Å². The van der Waals surface area contributed by atoms with Gasteiger partial charge in [0.15, 0.2) is 11.5 Å². The van der Waals surface area contributed by atoms with Gasteiger partial charge >= 0.3 is 5.97 Å². The number of benzene rings is 1. The van der Waals surface area contributed by atoms with Crippen LogP contribution in [0.3, 0.4) is 0 Å². The van der Waals surface area contributed by atoms with Crippen molar-refractivity contribution >= 4 is 27.6 Å². The molecule has 27 heavy (non-hydrogen) atoms. The van der Waals surface area contributed by atoms with E-state index in [0.29, 0.717) is 23.8 Å². The highest BCUT2D eigenvalue weighted by molar-refractivity contribution is 8.77. The largest absolute Gasteiger partial charge is 0.454 e. The topological polar surface area (TPSA) is 44.8 Å². The molecule has 1 aromatic rings. The number of hydrogen-bond acceptors (Lipinski definition) is 6. The molecule has 1 aromatic carbocycles. The fourth-order valence-corrected chi connectivity index (χ4v) is 6.36. The summed E-state index contributed by atoms with van der Waals surface area (Å²) in [5.41, 5.74) is 1.03. The minimum absolute atomic E-state index is 0.146. The maximum Gasteiger partial charge on any atom is 0.311 e. The first-order valence-corrected chi connectivity index (χ1v) is 12.4. The van der Waals surface area contributed by atoms with Crippen LogP contribution in [0.2, 0.25) is 0 Å². The number of carbonyl (C=O) groups excluding carboxylic acids is 1. The third kappa shape index (κ3) is 6.53. The van der Waals surface area contributed by atoms with Crippen LogP contribution in [-0.2, 0) is 11.2 Å². The standard InChI is InChI=1S/C21H30O4S2/c1-15(2)6-5-7-16-12-19-20(24-14-23-19)13-18(16)25-21(22)9-4-3-8-17-10-11-26-27-17/h12-13,15,17H,3-11,14H2,1-2H3. The van der Waals surface area contributed by atoms with Crippen molar-refractivity contribution in [1.82, 2.24) is 0 Å². The van der Waals surface area contributed by atoms with Crippen molar-refractivity contribution in [2.24, 2.45) is 5.92 Å². The zero-order chi connectivity index (χ0) is 19.1. The molecule has 0 aromatic heterocycles. The number of ether oxygens (including phenoxy) is 3. The monoisotopic (exact) mass is 410 g/mol. The lowest BCUT2D eigenvalue weighted by Crippen LogP contribution is -2.10. The summed E-state index contributed by atoms with van der Waals surface area (Å²) in [6, 6.07) is 3.79. The van der Waals surface area contributed by atoms with E-state index in [0.717, 1.165) is 48.7 Å². The van der Waals surface area contributed by atoms with Crippen molar-refractivity contribution in [2.45, 2.75) is 70.5 Å². The first kappa shape index (κ1) is 20.7. The average Bonchev–Trinajstić information content (AvgIpc) is 3.29. The molecule has 1 atom stereocenters. The summed E-state index contributed by atoms with van der Waals surface area (Å²) in [7, 11) is 3.97. The fraction of sp³-hybridized carbons (Fsp3) is 0.667. The highest BCUT2D eigenvalue weighted by Crippen LogP contribution is 2.40. The molecule has 0 amide bonds. The van der Waals surface area contributed by atoms with Crippen LogP contribution >= 0.6 is 21.6 Å². The van der Waals surface area contributed by atoms with Gasteiger partial charge < -0.3 is 14.2 Å². The predicted molar refractivity (Wildman–Crippen MR) is 113 cm³/mol. The summed E-state index contributed by atoms with van der Waals surface area (Å²) in [6.07, 6.45) is 8.08. The molecule has 1 unspecified atom stereocenters. The van der Waals surface area contributed by atoms with Crippen LogP contribution in [0, 0.1) is 5.92 Å². The van der Waals surface area contributed by atoms with Gasteiger partial charge in [-0.05, 0) is 49.7 Å². The number of unbranched alkanes of at least 4 members (excludes halogenated alkanes) is 1. The number of esters is 1. The lowest BCUT2D eigenvalue weighted by Gasteiger charge is -2.12. The minimum Gasteiger partial charge on any atom is -0.454 e. The smallest absolute Gasteiger partial charge is 0.311 e. The van der Waals surface area contributed by atoms with E-state index in [-0.39, 0.29) is 12.8 Å². The van der Waals surface area contributed by atoms with Crippen LogP contribution in [0.5, 0.6) is 17.2 Å². The Morgan fingerprint density at radius 2 is 2.04 bits per heavy atom. The summed E-state index contributed by atoms with van der Waals surface area (Å²) < 4.78 is 16.7. The molecule has 0 saturated carbocycles. The highest BCUT2D eigenvalue weighted by Gasteiger charge is 2.20. The van der Waals surface area contributed by atoms with Gasteiger partial charge in [0, 0.05) is 23.5 Å². The highest BCUT2D eigenvalue weighted by atomic mass is 33.1. The molecule has 3 rings (SSSR count). The Balaban J connectivity index is 1.51. The molecule has 0 spiro atoms. The molecule has 0 radical (unpaired) electrons. The van der Waals surface area contributed by atoms with Gasteiger partial charge in [-0.3, -0.25) is 4.79 Å². The van der Waals surface area contributed by atoms with E-state index in [1.807, 2.05) is 33.7 Å². The molecule has 2 heterocycles. The van der Waals surface area contributed by atoms with E-state index < -0.39 is 0 Å². The first-order valence-electron chi connectivity index (χ1n) is 10.0. The molecule has 6 heteroatoms. The molecule has 0 aliphatic carbocycles. The average molecular weight is 411 g/mol. The maximum atomic E-state index is 12.3. The number of rotatable bonds is 10. The third-order valence-corrected chi connectivity index (χ3v) is 7.90. The van der Waals surface area contributed by atoms with Crippen LogP contribution in [0.15, 0.2) is 12.1 Å². The summed E-state index contributed by atoms with van der Waals surface area (Å²) in [6.45, 7) is 4.68. The van der Waals surface area contributed by atoms with Crippen molar-refractivity contribution in [2.75, 3.05) is 12.5 Å². The van der Waals surface area contributed by atoms with E-state index in [4.69, 9.17) is 14.2 Å². The normalized spacial score (nSPS) is 18.3. The summed E-state index contributed by atoms with van der Waals surface area (Å²) in [5.74, 6) is 3.84. The molecule has 1 fully saturated rings. The molecule has 0 N–H and O–H groups in total. The van der Waals surface area contributed by atoms with Crippen LogP contribution in [0.4, 0.5) is 0 Å². The van der Waals surface area contributed by atoms with Crippen molar-refractivity contribution in [3.63, 3.8) is 0 Å². The molecule has 150 valence electrons. The van der Waals surface area contributed by atoms with Gasteiger partial charge in [-0.2, -0.15) is 0 Å². The molecule has 2 aliphatic heterocycles. The summed E-state index contributed by atoms with van der Waals surface area (Å²) >= 11 is 0. The number of fused-ring (bicyclic) bond motifs is 1. The Hall–Kier alpha value is -1.01. The Morgan fingerprint density at radius 1 is 1.22 bits per heavy atom. The van der Waals surface area contributed by atoms with Gasteiger partial charge in [-0.15, -0.1) is 0 Å². The van der Waals surface area contributed by atoms with E-state index in [2.05, 4.69) is 13.8 Å². The predicted octanol–water partition coefficient (Wildman–Crippen LogP) is 6.01. The second-order valence-corrected chi connectivity index (χ2v) is 10.4. The quantitative estimate of drug-likeness (QED) is 0.204. The number of carbonyl (C=O) groups is 1. The molecular formula is C21H30O4S2. The minimum atomic E-state index is -0.146. The van der Waals surface area contributed by atoms with Crippen LogP contribution in [0.1, 0.15) is 64.4 Å². The second kappa shape index (κ2) is 10.5. The van der Waals surface area contributed by atoms with Gasteiger partial charge in [0.05, 0.1) is 0 Å². The summed E-state index contributed by atoms with van der Waals surface area (Å²) in [5, 5.41) is 0.771. The zero-order valence-corrected chi connectivity index (χ0v) is 18.0. The van der Waals surface area contributed by atoms with E-state index >= 15 is 0 Å². The van der Waals surface area contributed by atoms with Gasteiger partial charge in [0.1, 0.15) is 5.75 Å². The van der Waals surface area contributed by atoms with Crippen LogP contribution < -0.4 is 14.2 Å². The number of aryl methyl sites for hydroxylation is 1. The molecular weight excluding hydrogens is 380 g/mol. The molecule has 0 bridgehead atoms. The Kier molecular flexibility index (Phi) is 8.07. The van der Waals surface area contributed by atoms with Gasteiger partial charge in [0.25, 0.3) is 0 Å². The van der Waals surface area contributed by atoms with E-state index in [1.165, 1.54) is 18.6 Å². The van der Waals surface area contributed by atoms with Crippen LogP contribution in [-0.4, -0.2) is 23.8 Å². The molecule has 1 saturated heterocycles. The van der Waals surface area contributed by atoms with Crippen molar-refractivity contribution in [3.8, 4) is 17.2 Å².